The van der Waals surface area contributed by atoms with Gasteiger partial charge >= 0.3 is 0 Å². The molecule has 0 amide bonds. The number of rotatable bonds is 3. The average molecular weight is 315 g/mol. The molecule has 0 radical (unpaired) electrons. The SMILES string of the molecule is Cl.Fc1ccc(Nc2nc(-c3ccoc3)cs2)cc1F. The highest BCUT2D eigenvalue weighted by atomic mass is 35.5. The van der Waals surface area contributed by atoms with E-state index in [0.717, 1.165) is 23.4 Å². The monoisotopic (exact) mass is 314 g/mol. The fourth-order valence-electron chi connectivity index (χ4n) is 1.57. The summed E-state index contributed by atoms with van der Waals surface area (Å²) in [5.41, 5.74) is 2.09. The molecule has 7 heteroatoms. The van der Waals surface area contributed by atoms with E-state index >= 15 is 0 Å². The number of aromatic nitrogens is 1. The van der Waals surface area contributed by atoms with Crippen LogP contribution in [-0.4, -0.2) is 4.98 Å². The summed E-state index contributed by atoms with van der Waals surface area (Å²) in [7, 11) is 0. The van der Waals surface area contributed by atoms with E-state index in [1.54, 1.807) is 18.6 Å². The molecule has 0 unspecified atom stereocenters. The first-order chi connectivity index (χ1) is 9.22. The third-order valence-electron chi connectivity index (χ3n) is 2.49. The predicted molar refractivity (Wildman–Crippen MR) is 76.7 cm³/mol. The van der Waals surface area contributed by atoms with Crippen LogP contribution in [0.3, 0.4) is 0 Å². The Kier molecular flexibility index (Phi) is 4.36. The van der Waals surface area contributed by atoms with Gasteiger partial charge in [0.2, 0.25) is 0 Å². The number of hydrogen-bond acceptors (Lipinski definition) is 4. The van der Waals surface area contributed by atoms with Crippen LogP contribution in [0, 0.1) is 11.6 Å². The second-order valence-electron chi connectivity index (χ2n) is 3.80. The summed E-state index contributed by atoms with van der Waals surface area (Å²) in [6, 6.07) is 5.42. The molecule has 0 aliphatic carbocycles. The van der Waals surface area contributed by atoms with Crippen LogP contribution in [0.15, 0.2) is 46.6 Å². The molecule has 0 aliphatic heterocycles. The highest BCUT2D eigenvalue weighted by Gasteiger charge is 2.07. The quantitative estimate of drug-likeness (QED) is 0.751. The minimum absolute atomic E-state index is 0. The van der Waals surface area contributed by atoms with E-state index in [9.17, 15) is 8.78 Å². The standard InChI is InChI=1S/C13H8F2N2OS.ClH/c14-10-2-1-9(5-11(10)15)16-13-17-12(7-19-13)8-3-4-18-6-8;/h1-7H,(H,16,17);1H. The molecule has 1 aromatic carbocycles. The first kappa shape index (κ1) is 14.5. The predicted octanol–water partition coefficient (Wildman–Crippen LogP) is 4.85. The Morgan fingerprint density at radius 1 is 1.15 bits per heavy atom. The molecule has 2 heterocycles. The first-order valence-electron chi connectivity index (χ1n) is 5.42. The average Bonchev–Trinajstić information content (AvgIpc) is 3.04. The molecule has 104 valence electrons. The molecule has 0 bridgehead atoms. The van der Waals surface area contributed by atoms with Gasteiger partial charge in [0.15, 0.2) is 16.8 Å². The molecule has 2 aromatic heterocycles. The van der Waals surface area contributed by atoms with E-state index in [4.69, 9.17) is 4.42 Å². The topological polar surface area (TPSA) is 38.1 Å². The zero-order chi connectivity index (χ0) is 13.2. The Bertz CT molecular complexity index is 700. The van der Waals surface area contributed by atoms with Gasteiger partial charge in [-0.2, -0.15) is 0 Å². The largest absolute Gasteiger partial charge is 0.472 e. The Morgan fingerprint density at radius 2 is 2.00 bits per heavy atom. The van der Waals surface area contributed by atoms with E-state index in [1.165, 1.54) is 17.4 Å². The number of nitrogens with zero attached hydrogens (tertiary/aromatic N) is 1. The van der Waals surface area contributed by atoms with Gasteiger partial charge in [-0.1, -0.05) is 0 Å². The van der Waals surface area contributed by atoms with Gasteiger partial charge in [-0.15, -0.1) is 23.7 Å². The van der Waals surface area contributed by atoms with Crippen molar-refractivity contribution in [3.63, 3.8) is 0 Å². The lowest BCUT2D eigenvalue weighted by Gasteiger charge is -2.02. The van der Waals surface area contributed by atoms with Crippen molar-refractivity contribution in [1.29, 1.82) is 0 Å². The smallest absolute Gasteiger partial charge is 0.187 e. The Morgan fingerprint density at radius 3 is 2.70 bits per heavy atom. The maximum Gasteiger partial charge on any atom is 0.187 e. The maximum atomic E-state index is 13.1. The molecule has 0 atom stereocenters. The third kappa shape index (κ3) is 2.97. The van der Waals surface area contributed by atoms with Crippen LogP contribution >= 0.6 is 23.7 Å². The Balaban J connectivity index is 0.00000147. The van der Waals surface area contributed by atoms with Crippen LogP contribution in [0.5, 0.6) is 0 Å². The van der Waals surface area contributed by atoms with E-state index in [2.05, 4.69) is 10.3 Å². The maximum absolute atomic E-state index is 13.1. The van der Waals surface area contributed by atoms with Crippen LogP contribution in [0.2, 0.25) is 0 Å². The van der Waals surface area contributed by atoms with Gasteiger partial charge in [-0.3, -0.25) is 0 Å². The number of halogens is 3. The van der Waals surface area contributed by atoms with Gasteiger partial charge in [0.25, 0.3) is 0 Å². The number of thiazole rings is 1. The van der Waals surface area contributed by atoms with Gasteiger partial charge in [-0.05, 0) is 18.2 Å². The van der Waals surface area contributed by atoms with E-state index in [1.807, 2.05) is 5.38 Å². The number of anilines is 2. The summed E-state index contributed by atoms with van der Waals surface area (Å²) in [4.78, 5) is 4.33. The van der Waals surface area contributed by atoms with Crippen molar-refractivity contribution in [1.82, 2.24) is 4.98 Å². The molecule has 0 spiro atoms. The molecular formula is C13H9ClF2N2OS. The highest BCUT2D eigenvalue weighted by molar-refractivity contribution is 7.14. The molecule has 0 aliphatic rings. The molecule has 0 saturated carbocycles. The molecule has 3 nitrogen and oxygen atoms in total. The summed E-state index contributed by atoms with van der Waals surface area (Å²) in [6.07, 6.45) is 3.16. The van der Waals surface area contributed by atoms with E-state index in [-0.39, 0.29) is 12.4 Å². The lowest BCUT2D eigenvalue weighted by molar-refractivity contribution is 0.509. The summed E-state index contributed by atoms with van der Waals surface area (Å²) in [6.45, 7) is 0. The van der Waals surface area contributed by atoms with Crippen LogP contribution in [0.4, 0.5) is 19.6 Å². The summed E-state index contributed by atoms with van der Waals surface area (Å²) in [5, 5.41) is 5.38. The third-order valence-corrected chi connectivity index (χ3v) is 3.25. The summed E-state index contributed by atoms with van der Waals surface area (Å²) < 4.78 is 30.8. The van der Waals surface area contributed by atoms with Crippen LogP contribution in [0.25, 0.3) is 11.3 Å². The number of furan rings is 1. The number of hydrogen-bond donors (Lipinski definition) is 1. The fraction of sp³-hybridized carbons (Fsp3) is 0. The van der Waals surface area contributed by atoms with Crippen LogP contribution in [0.1, 0.15) is 0 Å². The van der Waals surface area contributed by atoms with Crippen molar-refractivity contribution in [3.05, 3.63) is 53.8 Å². The summed E-state index contributed by atoms with van der Waals surface area (Å²) >= 11 is 1.37. The number of benzene rings is 1. The first-order valence-corrected chi connectivity index (χ1v) is 6.30. The normalized spacial score (nSPS) is 10.1. The van der Waals surface area contributed by atoms with Crippen molar-refractivity contribution in [3.8, 4) is 11.3 Å². The Labute approximate surface area is 123 Å². The minimum Gasteiger partial charge on any atom is -0.472 e. The van der Waals surface area contributed by atoms with Gasteiger partial charge in [0.1, 0.15) is 0 Å². The fourth-order valence-corrected chi connectivity index (χ4v) is 2.31. The second-order valence-corrected chi connectivity index (χ2v) is 4.66. The molecule has 0 fully saturated rings. The van der Waals surface area contributed by atoms with E-state index < -0.39 is 11.6 Å². The molecule has 1 N–H and O–H groups in total. The molecule has 20 heavy (non-hydrogen) atoms. The molecule has 0 saturated heterocycles. The second kappa shape index (κ2) is 6.02. The van der Waals surface area contributed by atoms with Gasteiger partial charge in [0, 0.05) is 22.7 Å². The van der Waals surface area contributed by atoms with Crippen molar-refractivity contribution in [2.75, 3.05) is 5.32 Å². The lowest BCUT2D eigenvalue weighted by atomic mass is 10.3. The van der Waals surface area contributed by atoms with E-state index in [0.29, 0.717) is 10.8 Å². The highest BCUT2D eigenvalue weighted by Crippen LogP contribution is 2.27. The van der Waals surface area contributed by atoms with Crippen molar-refractivity contribution >= 4 is 34.6 Å². The van der Waals surface area contributed by atoms with Gasteiger partial charge < -0.3 is 9.73 Å². The van der Waals surface area contributed by atoms with Crippen LogP contribution in [-0.2, 0) is 0 Å². The molecule has 3 rings (SSSR count). The van der Waals surface area contributed by atoms with Gasteiger partial charge in [0.05, 0.1) is 18.2 Å². The van der Waals surface area contributed by atoms with Crippen LogP contribution < -0.4 is 5.32 Å². The summed E-state index contributed by atoms with van der Waals surface area (Å²) in [5.74, 6) is -1.76. The van der Waals surface area contributed by atoms with Crippen molar-refractivity contribution < 1.29 is 13.2 Å². The lowest BCUT2D eigenvalue weighted by Crippen LogP contribution is -1.92. The molecular weight excluding hydrogens is 306 g/mol. The van der Waals surface area contributed by atoms with Crippen molar-refractivity contribution in [2.24, 2.45) is 0 Å². The van der Waals surface area contributed by atoms with Gasteiger partial charge in [-0.25, -0.2) is 13.8 Å². The number of nitrogens with one attached hydrogen (secondary N) is 1. The molecule has 3 aromatic rings. The zero-order valence-electron chi connectivity index (χ0n) is 9.97. The Hall–Kier alpha value is -1.92. The van der Waals surface area contributed by atoms with Crippen molar-refractivity contribution in [2.45, 2.75) is 0 Å². The minimum atomic E-state index is -0.892. The zero-order valence-corrected chi connectivity index (χ0v) is 11.6.